The zero-order valence-corrected chi connectivity index (χ0v) is 17.2. The van der Waals surface area contributed by atoms with Crippen molar-refractivity contribution in [2.75, 3.05) is 31.1 Å². The Balaban J connectivity index is 1.39. The summed E-state index contributed by atoms with van der Waals surface area (Å²) in [5, 5.41) is 1.60. The van der Waals surface area contributed by atoms with Crippen molar-refractivity contribution in [3.63, 3.8) is 0 Å². The predicted molar refractivity (Wildman–Crippen MR) is 115 cm³/mol. The Morgan fingerprint density at radius 2 is 1.74 bits per heavy atom. The molecule has 6 heteroatoms. The third kappa shape index (κ3) is 4.12. The van der Waals surface area contributed by atoms with Gasteiger partial charge in [-0.15, -0.1) is 11.8 Å². The molecule has 1 saturated heterocycles. The molecule has 0 unspecified atom stereocenters. The fourth-order valence-corrected chi connectivity index (χ4v) is 5.08. The highest BCUT2D eigenvalue weighted by atomic mass is 32.2. The Bertz CT molecular complexity index is 895. The number of nitrogens with zero attached hydrogens (tertiary/aromatic N) is 3. The van der Waals surface area contributed by atoms with Crippen molar-refractivity contribution < 1.29 is 4.79 Å². The van der Waals surface area contributed by atoms with Crippen LogP contribution in [0, 0.1) is 0 Å². The highest BCUT2D eigenvalue weighted by Gasteiger charge is 2.24. The number of thioether (sulfide) groups is 1. The van der Waals surface area contributed by atoms with E-state index in [2.05, 4.69) is 43.0 Å². The molecule has 0 radical (unpaired) electrons. The predicted octanol–water partition coefficient (Wildman–Crippen LogP) is 4.76. The summed E-state index contributed by atoms with van der Waals surface area (Å²) < 4.78 is 1.21. The molecule has 0 atom stereocenters. The molecule has 0 bridgehead atoms. The normalized spacial score (nSPS) is 14.9. The van der Waals surface area contributed by atoms with E-state index < -0.39 is 0 Å². The molecule has 1 aliphatic rings. The number of carbonyl (C=O) groups is 1. The van der Waals surface area contributed by atoms with Crippen LogP contribution in [0.4, 0.5) is 5.13 Å². The van der Waals surface area contributed by atoms with E-state index in [9.17, 15) is 4.79 Å². The molecule has 27 heavy (non-hydrogen) atoms. The molecular formula is C21H23N3OS2. The van der Waals surface area contributed by atoms with Gasteiger partial charge in [-0.05, 0) is 36.4 Å². The first-order valence-electron chi connectivity index (χ1n) is 9.26. The summed E-state index contributed by atoms with van der Waals surface area (Å²) >= 11 is 3.54. The van der Waals surface area contributed by atoms with E-state index in [1.807, 2.05) is 40.9 Å². The lowest BCUT2D eigenvalue weighted by Gasteiger charge is -2.34. The lowest BCUT2D eigenvalue weighted by molar-refractivity contribution is 0.0746. The van der Waals surface area contributed by atoms with E-state index in [0.29, 0.717) is 5.25 Å². The van der Waals surface area contributed by atoms with Crippen LogP contribution in [0.1, 0.15) is 24.2 Å². The zero-order valence-electron chi connectivity index (χ0n) is 15.6. The van der Waals surface area contributed by atoms with Crippen LogP contribution in [0.5, 0.6) is 0 Å². The Hall–Kier alpha value is -2.05. The largest absolute Gasteiger partial charge is 0.345 e. The third-order valence-electron chi connectivity index (χ3n) is 4.59. The minimum atomic E-state index is 0.125. The molecule has 1 fully saturated rings. The fourth-order valence-electron chi connectivity index (χ4n) is 3.23. The maximum absolute atomic E-state index is 12.8. The summed E-state index contributed by atoms with van der Waals surface area (Å²) in [5.41, 5.74) is 1.83. The quantitative estimate of drug-likeness (QED) is 0.595. The van der Waals surface area contributed by atoms with Gasteiger partial charge < -0.3 is 9.80 Å². The van der Waals surface area contributed by atoms with Crippen LogP contribution in [0.2, 0.25) is 0 Å². The summed E-state index contributed by atoms with van der Waals surface area (Å²) in [6, 6.07) is 16.2. The molecule has 0 aliphatic carbocycles. The maximum atomic E-state index is 12.8. The molecule has 0 saturated carbocycles. The fraction of sp³-hybridized carbons (Fsp3) is 0.333. The Morgan fingerprint density at radius 3 is 2.41 bits per heavy atom. The monoisotopic (exact) mass is 397 g/mol. The van der Waals surface area contributed by atoms with E-state index >= 15 is 0 Å². The van der Waals surface area contributed by atoms with E-state index in [-0.39, 0.29) is 5.91 Å². The van der Waals surface area contributed by atoms with Gasteiger partial charge in [0, 0.05) is 41.9 Å². The Labute approximate surface area is 168 Å². The molecule has 4 rings (SSSR count). The molecule has 1 aliphatic heterocycles. The highest BCUT2D eigenvalue weighted by Crippen LogP contribution is 2.29. The van der Waals surface area contributed by atoms with Gasteiger partial charge in [0.2, 0.25) is 0 Å². The number of benzene rings is 2. The average Bonchev–Trinajstić information content (AvgIpc) is 3.12. The molecule has 1 amide bonds. The minimum absolute atomic E-state index is 0.125. The SMILES string of the molecule is CC(C)Sc1ccc(C(=O)N2CCN(c3nc4ccccc4s3)CC2)cc1. The standard InChI is InChI=1S/C21H23N3OS2/c1-15(2)26-17-9-7-16(8-10-17)20(25)23-11-13-24(14-12-23)21-22-18-5-3-4-6-19(18)27-21/h3-10,15H,11-14H2,1-2H3. The van der Waals surface area contributed by atoms with Crippen LogP contribution < -0.4 is 4.90 Å². The Kier molecular flexibility index (Phi) is 5.36. The number of anilines is 1. The average molecular weight is 398 g/mol. The van der Waals surface area contributed by atoms with Crippen molar-refractivity contribution in [2.24, 2.45) is 0 Å². The van der Waals surface area contributed by atoms with Crippen LogP contribution in [0.15, 0.2) is 53.4 Å². The van der Waals surface area contributed by atoms with Crippen molar-refractivity contribution in [3.8, 4) is 0 Å². The summed E-state index contributed by atoms with van der Waals surface area (Å²) in [5.74, 6) is 0.125. The first-order chi connectivity index (χ1) is 13.1. The summed E-state index contributed by atoms with van der Waals surface area (Å²) in [4.78, 5) is 23.0. The maximum Gasteiger partial charge on any atom is 0.253 e. The van der Waals surface area contributed by atoms with Gasteiger partial charge in [-0.1, -0.05) is 37.3 Å². The molecule has 1 aromatic heterocycles. The van der Waals surface area contributed by atoms with Crippen LogP contribution >= 0.6 is 23.1 Å². The van der Waals surface area contributed by atoms with Crippen LogP contribution in [-0.2, 0) is 0 Å². The van der Waals surface area contributed by atoms with Crippen molar-refractivity contribution in [1.29, 1.82) is 0 Å². The third-order valence-corrected chi connectivity index (χ3v) is 6.71. The molecule has 3 aromatic rings. The second kappa shape index (κ2) is 7.90. The molecule has 0 N–H and O–H groups in total. The second-order valence-electron chi connectivity index (χ2n) is 6.93. The lowest BCUT2D eigenvalue weighted by atomic mass is 10.2. The van der Waals surface area contributed by atoms with E-state index in [1.165, 1.54) is 9.60 Å². The topological polar surface area (TPSA) is 36.4 Å². The molecule has 4 nitrogen and oxygen atoms in total. The highest BCUT2D eigenvalue weighted by molar-refractivity contribution is 7.99. The van der Waals surface area contributed by atoms with Crippen LogP contribution in [0.3, 0.4) is 0 Å². The number of amides is 1. The van der Waals surface area contributed by atoms with Crippen molar-refractivity contribution in [2.45, 2.75) is 24.0 Å². The number of hydrogen-bond acceptors (Lipinski definition) is 5. The number of aromatic nitrogens is 1. The van der Waals surface area contributed by atoms with Gasteiger partial charge in [-0.3, -0.25) is 4.79 Å². The Morgan fingerprint density at radius 1 is 1.04 bits per heavy atom. The summed E-state index contributed by atoms with van der Waals surface area (Å²) in [6.45, 7) is 7.47. The van der Waals surface area contributed by atoms with Crippen LogP contribution in [0.25, 0.3) is 10.2 Å². The number of carbonyl (C=O) groups excluding carboxylic acids is 1. The van der Waals surface area contributed by atoms with Gasteiger partial charge in [0.05, 0.1) is 10.2 Å². The van der Waals surface area contributed by atoms with Gasteiger partial charge in [-0.25, -0.2) is 4.98 Å². The van der Waals surface area contributed by atoms with E-state index in [0.717, 1.165) is 42.4 Å². The number of para-hydroxylation sites is 1. The van der Waals surface area contributed by atoms with E-state index in [4.69, 9.17) is 4.98 Å². The van der Waals surface area contributed by atoms with Gasteiger partial charge >= 0.3 is 0 Å². The molecule has 140 valence electrons. The van der Waals surface area contributed by atoms with Gasteiger partial charge in [0.1, 0.15) is 0 Å². The molecule has 2 aromatic carbocycles. The lowest BCUT2D eigenvalue weighted by Crippen LogP contribution is -2.48. The van der Waals surface area contributed by atoms with Crippen molar-refractivity contribution >= 4 is 44.4 Å². The number of rotatable bonds is 4. The first-order valence-corrected chi connectivity index (χ1v) is 11.0. The van der Waals surface area contributed by atoms with Gasteiger partial charge in [0.15, 0.2) is 5.13 Å². The smallest absolute Gasteiger partial charge is 0.253 e. The van der Waals surface area contributed by atoms with Crippen molar-refractivity contribution in [3.05, 3.63) is 54.1 Å². The molecular weight excluding hydrogens is 374 g/mol. The summed E-state index contributed by atoms with van der Waals surface area (Å²) in [6.07, 6.45) is 0. The first kappa shape index (κ1) is 18.3. The van der Waals surface area contributed by atoms with Gasteiger partial charge in [0.25, 0.3) is 5.91 Å². The minimum Gasteiger partial charge on any atom is -0.345 e. The van der Waals surface area contributed by atoms with Crippen molar-refractivity contribution in [1.82, 2.24) is 9.88 Å². The molecule has 0 spiro atoms. The summed E-state index contributed by atoms with van der Waals surface area (Å²) in [7, 11) is 0. The number of thiazole rings is 1. The zero-order chi connectivity index (χ0) is 18.8. The van der Waals surface area contributed by atoms with E-state index in [1.54, 1.807) is 11.3 Å². The second-order valence-corrected chi connectivity index (χ2v) is 9.59. The number of piperazine rings is 1. The van der Waals surface area contributed by atoms with Crippen LogP contribution in [-0.4, -0.2) is 47.2 Å². The van der Waals surface area contributed by atoms with Gasteiger partial charge in [-0.2, -0.15) is 0 Å². The number of fused-ring (bicyclic) bond motifs is 1. The number of hydrogen-bond donors (Lipinski definition) is 0. The molecule has 2 heterocycles.